The second-order valence-electron chi connectivity index (χ2n) is 2.33. The van der Waals surface area contributed by atoms with Crippen LogP contribution in [0.3, 0.4) is 0 Å². The predicted molar refractivity (Wildman–Crippen MR) is 46.6 cm³/mol. The molecular formula is C9H14N2O2. The third-order valence-corrected chi connectivity index (χ3v) is 1.45. The van der Waals surface area contributed by atoms with E-state index in [4.69, 9.17) is 9.90 Å². The van der Waals surface area contributed by atoms with E-state index in [0.29, 0.717) is 0 Å². The first kappa shape index (κ1) is 11.4. The Hall–Kier alpha value is -1.58. The molecule has 0 saturated carbocycles. The summed E-state index contributed by atoms with van der Waals surface area (Å²) in [5, 5.41) is 8.25. The third-order valence-electron chi connectivity index (χ3n) is 1.45. The quantitative estimate of drug-likeness (QED) is 0.354. The summed E-state index contributed by atoms with van der Waals surface area (Å²) in [6.45, 7) is 7.21. The smallest absolute Gasteiger partial charge is 0.244 e. The zero-order chi connectivity index (χ0) is 10.1. The molecule has 1 rings (SSSR count). The number of allylic oxidation sites excluding steroid dienone is 1. The molecule has 0 radical (unpaired) electrons. The molecule has 13 heavy (non-hydrogen) atoms. The number of nitrogens with zero attached hydrogens (tertiary/aromatic N) is 2. The van der Waals surface area contributed by atoms with Crippen LogP contribution in [0.1, 0.15) is 6.92 Å². The first-order chi connectivity index (χ1) is 6.28. The number of carbonyl (C=O) groups is 1. The van der Waals surface area contributed by atoms with Gasteiger partial charge in [0.1, 0.15) is 18.9 Å². The van der Waals surface area contributed by atoms with Crippen LogP contribution in [0.15, 0.2) is 31.4 Å². The second-order valence-corrected chi connectivity index (χ2v) is 2.33. The van der Waals surface area contributed by atoms with Gasteiger partial charge in [0.15, 0.2) is 0 Å². The average molecular weight is 182 g/mol. The number of rotatable bonds is 3. The van der Waals surface area contributed by atoms with Crippen LogP contribution in [-0.4, -0.2) is 11.0 Å². The van der Waals surface area contributed by atoms with Crippen LogP contribution in [0, 0.1) is 0 Å². The van der Waals surface area contributed by atoms with Crippen molar-refractivity contribution in [3.63, 3.8) is 0 Å². The maximum atomic E-state index is 8.25. The standard InChI is InChI=1S/C8H13N2.CH2O2/c1-3-5-10-7-6-9(4-2)8-10;2-1-3/h3,6-8H,1,4-5H2,2H3;1H,(H,2,3)/q+1;/p-1. The lowest BCUT2D eigenvalue weighted by molar-refractivity contribution is -0.686. The van der Waals surface area contributed by atoms with Gasteiger partial charge in [-0.15, -0.1) is 0 Å². The second kappa shape index (κ2) is 7.09. The molecule has 4 heteroatoms. The van der Waals surface area contributed by atoms with Crippen LogP contribution in [0.2, 0.25) is 0 Å². The highest BCUT2D eigenvalue weighted by Gasteiger charge is 1.96. The summed E-state index contributed by atoms with van der Waals surface area (Å²) >= 11 is 0. The highest BCUT2D eigenvalue weighted by molar-refractivity contribution is 5.29. The van der Waals surface area contributed by atoms with Crippen molar-refractivity contribution in [1.29, 1.82) is 0 Å². The molecule has 0 unspecified atom stereocenters. The Morgan fingerprint density at radius 3 is 2.69 bits per heavy atom. The van der Waals surface area contributed by atoms with Crippen molar-refractivity contribution in [2.24, 2.45) is 0 Å². The van der Waals surface area contributed by atoms with Crippen LogP contribution in [0.25, 0.3) is 0 Å². The molecule has 1 aromatic heterocycles. The first-order valence-corrected chi connectivity index (χ1v) is 3.99. The van der Waals surface area contributed by atoms with E-state index in [9.17, 15) is 0 Å². The molecule has 0 aliphatic heterocycles. The highest BCUT2D eigenvalue weighted by atomic mass is 16.3. The van der Waals surface area contributed by atoms with Gasteiger partial charge in [0.2, 0.25) is 6.33 Å². The number of hydrogen-bond donors (Lipinski definition) is 0. The van der Waals surface area contributed by atoms with Gasteiger partial charge in [-0.25, -0.2) is 9.13 Å². The van der Waals surface area contributed by atoms with Crippen molar-refractivity contribution in [3.8, 4) is 0 Å². The Kier molecular flexibility index (Phi) is 6.23. The van der Waals surface area contributed by atoms with Crippen molar-refractivity contribution in [2.75, 3.05) is 0 Å². The fraction of sp³-hybridized carbons (Fsp3) is 0.333. The number of carboxylic acid groups (broad SMARTS) is 1. The molecule has 1 aromatic rings. The van der Waals surface area contributed by atoms with E-state index in [0.717, 1.165) is 13.1 Å². The summed E-state index contributed by atoms with van der Waals surface area (Å²) in [6, 6.07) is 0. The molecule has 0 aliphatic rings. The van der Waals surface area contributed by atoms with Gasteiger partial charge in [-0.2, -0.15) is 0 Å². The van der Waals surface area contributed by atoms with Crippen molar-refractivity contribution in [3.05, 3.63) is 31.4 Å². The van der Waals surface area contributed by atoms with Crippen molar-refractivity contribution in [2.45, 2.75) is 20.0 Å². The molecular weight excluding hydrogens is 168 g/mol. The number of aryl methyl sites for hydroxylation is 1. The van der Waals surface area contributed by atoms with Crippen LogP contribution in [-0.2, 0) is 17.9 Å². The van der Waals surface area contributed by atoms with Crippen LogP contribution >= 0.6 is 0 Å². The van der Waals surface area contributed by atoms with Gasteiger partial charge >= 0.3 is 0 Å². The largest absolute Gasteiger partial charge is 0.554 e. The third kappa shape index (κ3) is 4.79. The zero-order valence-corrected chi connectivity index (χ0v) is 7.72. The van der Waals surface area contributed by atoms with Crippen LogP contribution in [0.5, 0.6) is 0 Å². The molecule has 0 spiro atoms. The Morgan fingerprint density at radius 1 is 1.69 bits per heavy atom. The van der Waals surface area contributed by atoms with Gasteiger partial charge < -0.3 is 9.90 Å². The molecule has 1 heterocycles. The van der Waals surface area contributed by atoms with Crippen molar-refractivity contribution < 1.29 is 14.5 Å². The molecule has 0 bridgehead atoms. The lowest BCUT2D eigenvalue weighted by atomic mass is 10.6. The average Bonchev–Trinajstić information content (AvgIpc) is 2.54. The molecule has 0 aliphatic carbocycles. The minimum atomic E-state index is -0.500. The fourth-order valence-electron chi connectivity index (χ4n) is 0.883. The Morgan fingerprint density at radius 2 is 2.31 bits per heavy atom. The Bertz CT molecular complexity index is 256. The maximum Gasteiger partial charge on any atom is 0.244 e. The normalized spacial score (nSPS) is 8.38. The summed E-state index contributed by atoms with van der Waals surface area (Å²) in [5.74, 6) is 0. The van der Waals surface area contributed by atoms with E-state index in [1.54, 1.807) is 0 Å². The van der Waals surface area contributed by atoms with E-state index in [1.807, 2.05) is 12.3 Å². The summed E-state index contributed by atoms with van der Waals surface area (Å²) in [7, 11) is 0. The predicted octanol–water partition coefficient (Wildman–Crippen LogP) is -0.652. The maximum absolute atomic E-state index is 8.25. The zero-order valence-electron chi connectivity index (χ0n) is 7.72. The lowest BCUT2D eigenvalue weighted by Crippen LogP contribution is -2.29. The molecule has 4 nitrogen and oxygen atoms in total. The SMILES string of the molecule is C=CC[n+]1ccn(CC)c1.O=C[O-]. The molecule has 0 atom stereocenters. The fourth-order valence-corrected chi connectivity index (χ4v) is 0.883. The molecule has 72 valence electrons. The van der Waals surface area contributed by atoms with Gasteiger partial charge in [-0.3, -0.25) is 0 Å². The van der Waals surface area contributed by atoms with Crippen LogP contribution < -0.4 is 9.67 Å². The number of aromatic nitrogens is 2. The van der Waals surface area contributed by atoms with E-state index < -0.39 is 6.47 Å². The molecule has 0 amide bonds. The summed E-state index contributed by atoms with van der Waals surface area (Å²) in [6.07, 6.45) is 8.07. The highest BCUT2D eigenvalue weighted by Crippen LogP contribution is 1.82. The monoisotopic (exact) mass is 182 g/mol. The van der Waals surface area contributed by atoms with Gasteiger partial charge in [0, 0.05) is 6.47 Å². The number of carbonyl (C=O) groups excluding carboxylic acids is 1. The number of imidazole rings is 1. The van der Waals surface area contributed by atoms with Gasteiger partial charge in [0.25, 0.3) is 0 Å². The number of hydrogen-bond acceptors (Lipinski definition) is 2. The van der Waals surface area contributed by atoms with Gasteiger partial charge in [-0.05, 0) is 6.92 Å². The van der Waals surface area contributed by atoms with E-state index in [2.05, 4.69) is 35.2 Å². The molecule has 0 aromatic carbocycles. The van der Waals surface area contributed by atoms with Crippen molar-refractivity contribution in [1.82, 2.24) is 4.57 Å². The van der Waals surface area contributed by atoms with Gasteiger partial charge in [0.05, 0.1) is 6.54 Å². The Labute approximate surface area is 77.7 Å². The molecule has 0 saturated heterocycles. The van der Waals surface area contributed by atoms with E-state index >= 15 is 0 Å². The van der Waals surface area contributed by atoms with E-state index in [1.165, 1.54) is 0 Å². The summed E-state index contributed by atoms with van der Waals surface area (Å²) in [4.78, 5) is 8.25. The van der Waals surface area contributed by atoms with E-state index in [-0.39, 0.29) is 0 Å². The first-order valence-electron chi connectivity index (χ1n) is 3.99. The van der Waals surface area contributed by atoms with Crippen molar-refractivity contribution >= 4 is 6.47 Å². The topological polar surface area (TPSA) is 48.9 Å². The minimum Gasteiger partial charge on any atom is -0.554 e. The molecule has 0 fully saturated rings. The summed E-state index contributed by atoms with van der Waals surface area (Å²) < 4.78 is 4.22. The summed E-state index contributed by atoms with van der Waals surface area (Å²) in [5.41, 5.74) is 0. The lowest BCUT2D eigenvalue weighted by Gasteiger charge is -1.85. The molecule has 0 N–H and O–H groups in total. The Balaban J connectivity index is 0.000000424. The minimum absolute atomic E-state index is 0.500. The van der Waals surface area contributed by atoms with Gasteiger partial charge in [-0.1, -0.05) is 12.7 Å². The van der Waals surface area contributed by atoms with Crippen LogP contribution in [0.4, 0.5) is 0 Å².